The lowest BCUT2D eigenvalue weighted by molar-refractivity contribution is -0.212. The van der Waals surface area contributed by atoms with Crippen molar-refractivity contribution in [2.75, 3.05) is 24.7 Å². The van der Waals surface area contributed by atoms with Gasteiger partial charge in [-0.1, -0.05) is 0 Å². The van der Waals surface area contributed by atoms with Crippen LogP contribution < -0.4 is 4.90 Å². The molecular formula is C16H14F6N2O2. The van der Waals surface area contributed by atoms with E-state index in [1.54, 1.807) is 0 Å². The number of fused-ring (bicyclic) bond motifs is 1. The van der Waals surface area contributed by atoms with Crippen molar-refractivity contribution in [3.8, 4) is 6.07 Å². The third-order valence-electron chi connectivity index (χ3n) is 4.90. The summed E-state index contributed by atoms with van der Waals surface area (Å²) < 4.78 is 83.9. The zero-order valence-corrected chi connectivity index (χ0v) is 13.2. The van der Waals surface area contributed by atoms with Gasteiger partial charge in [0.05, 0.1) is 36.5 Å². The molecule has 2 aliphatic rings. The van der Waals surface area contributed by atoms with E-state index in [-0.39, 0.29) is 31.4 Å². The number of ether oxygens (including phenoxy) is 1. The second-order valence-electron chi connectivity index (χ2n) is 6.43. The summed E-state index contributed by atoms with van der Waals surface area (Å²) in [6.45, 7) is 0.220. The van der Waals surface area contributed by atoms with E-state index in [1.165, 1.54) is 12.1 Å². The van der Waals surface area contributed by atoms with Gasteiger partial charge in [0.15, 0.2) is 6.10 Å². The molecule has 0 aromatic heterocycles. The summed E-state index contributed by atoms with van der Waals surface area (Å²) in [6.07, 6.45) is -12.5. The highest BCUT2D eigenvalue weighted by Crippen LogP contribution is 2.44. The Morgan fingerprint density at radius 1 is 1.19 bits per heavy atom. The van der Waals surface area contributed by atoms with Crippen molar-refractivity contribution >= 4 is 5.69 Å². The molecular weight excluding hydrogens is 366 g/mol. The van der Waals surface area contributed by atoms with E-state index in [0.717, 1.165) is 11.0 Å². The van der Waals surface area contributed by atoms with Gasteiger partial charge < -0.3 is 14.7 Å². The predicted octanol–water partition coefficient (Wildman–Crippen LogP) is 2.95. The minimum Gasteiger partial charge on any atom is -0.382 e. The minimum atomic E-state index is -4.92. The van der Waals surface area contributed by atoms with E-state index >= 15 is 0 Å². The van der Waals surface area contributed by atoms with Gasteiger partial charge >= 0.3 is 12.4 Å². The van der Waals surface area contributed by atoms with Crippen LogP contribution in [0.2, 0.25) is 0 Å². The molecule has 1 N–H and O–H groups in total. The van der Waals surface area contributed by atoms with Crippen LogP contribution in [0.25, 0.3) is 0 Å². The van der Waals surface area contributed by atoms with E-state index in [9.17, 15) is 31.4 Å². The zero-order chi connectivity index (χ0) is 19.3. The number of hydrogen-bond donors (Lipinski definition) is 1. The maximum absolute atomic E-state index is 13.2. The van der Waals surface area contributed by atoms with E-state index in [4.69, 9.17) is 10.00 Å². The minimum absolute atomic E-state index is 0.00137. The smallest absolute Gasteiger partial charge is 0.382 e. The highest BCUT2D eigenvalue weighted by molar-refractivity contribution is 5.56. The SMILES string of the molecule is N#Cc1ccc(N2C[C@H]3COC[C@H]3[C@H]2[C@@H](O)C(F)(F)F)cc1C(F)(F)F. The first kappa shape index (κ1) is 18.8. The van der Waals surface area contributed by atoms with Gasteiger partial charge in [0.25, 0.3) is 0 Å². The third kappa shape index (κ3) is 3.21. The first-order valence-corrected chi connectivity index (χ1v) is 7.74. The highest BCUT2D eigenvalue weighted by atomic mass is 19.4. The van der Waals surface area contributed by atoms with Crippen molar-refractivity contribution in [2.24, 2.45) is 11.8 Å². The molecule has 3 rings (SSSR count). The molecule has 0 bridgehead atoms. The maximum Gasteiger partial charge on any atom is 0.417 e. The number of aliphatic hydroxyl groups is 1. The Kier molecular flexibility index (Phi) is 4.56. The van der Waals surface area contributed by atoms with Gasteiger partial charge in [0.2, 0.25) is 0 Å². The summed E-state index contributed by atoms with van der Waals surface area (Å²) in [5.41, 5.74) is -1.94. The second-order valence-corrected chi connectivity index (χ2v) is 6.43. The van der Waals surface area contributed by atoms with Crippen molar-refractivity contribution in [3.63, 3.8) is 0 Å². The maximum atomic E-state index is 13.2. The lowest BCUT2D eigenvalue weighted by atomic mass is 9.90. The molecule has 2 heterocycles. The molecule has 1 aromatic rings. The van der Waals surface area contributed by atoms with Crippen molar-refractivity contribution < 1.29 is 36.2 Å². The Morgan fingerprint density at radius 3 is 2.46 bits per heavy atom. The molecule has 26 heavy (non-hydrogen) atoms. The fourth-order valence-corrected chi connectivity index (χ4v) is 3.70. The third-order valence-corrected chi connectivity index (χ3v) is 4.90. The lowest BCUT2D eigenvalue weighted by Gasteiger charge is -2.34. The number of anilines is 1. The first-order chi connectivity index (χ1) is 12.0. The van der Waals surface area contributed by atoms with Crippen LogP contribution in [0, 0.1) is 23.2 Å². The Labute approximate surface area is 144 Å². The molecule has 142 valence electrons. The van der Waals surface area contributed by atoms with E-state index < -0.39 is 41.5 Å². The molecule has 4 atom stereocenters. The topological polar surface area (TPSA) is 56.5 Å². The molecule has 1 aromatic carbocycles. The van der Waals surface area contributed by atoms with Crippen LogP contribution in [-0.4, -0.2) is 43.2 Å². The summed E-state index contributed by atoms with van der Waals surface area (Å²) in [5.74, 6) is -0.960. The fraction of sp³-hybridized carbons (Fsp3) is 0.562. The second kappa shape index (κ2) is 6.32. The summed E-state index contributed by atoms with van der Waals surface area (Å²) in [7, 11) is 0. The number of aliphatic hydroxyl groups excluding tert-OH is 1. The Morgan fingerprint density at radius 2 is 1.88 bits per heavy atom. The average Bonchev–Trinajstić information content (AvgIpc) is 3.12. The number of halogens is 6. The molecule has 4 nitrogen and oxygen atoms in total. The molecule has 0 amide bonds. The van der Waals surface area contributed by atoms with Gasteiger partial charge in [-0.15, -0.1) is 0 Å². The van der Waals surface area contributed by atoms with Crippen LogP contribution in [0.4, 0.5) is 32.0 Å². The van der Waals surface area contributed by atoms with Crippen molar-refractivity contribution in [3.05, 3.63) is 29.3 Å². The largest absolute Gasteiger partial charge is 0.417 e. The summed E-state index contributed by atoms with van der Waals surface area (Å²) >= 11 is 0. The van der Waals surface area contributed by atoms with Crippen LogP contribution in [0.1, 0.15) is 11.1 Å². The Balaban J connectivity index is 2.03. The van der Waals surface area contributed by atoms with Crippen LogP contribution in [0.15, 0.2) is 18.2 Å². The van der Waals surface area contributed by atoms with Crippen LogP contribution in [-0.2, 0) is 10.9 Å². The van der Waals surface area contributed by atoms with Gasteiger partial charge in [-0.3, -0.25) is 0 Å². The molecule has 0 saturated carbocycles. The normalized spacial score (nSPS) is 27.3. The van der Waals surface area contributed by atoms with Crippen molar-refractivity contribution in [2.45, 2.75) is 24.5 Å². The van der Waals surface area contributed by atoms with Gasteiger partial charge in [-0.05, 0) is 18.2 Å². The van der Waals surface area contributed by atoms with E-state index in [1.807, 2.05) is 0 Å². The van der Waals surface area contributed by atoms with Gasteiger partial charge in [0.1, 0.15) is 0 Å². The molecule has 10 heteroatoms. The molecule has 0 spiro atoms. The number of alkyl halides is 6. The van der Waals surface area contributed by atoms with Crippen LogP contribution in [0.3, 0.4) is 0 Å². The van der Waals surface area contributed by atoms with Crippen molar-refractivity contribution in [1.82, 2.24) is 0 Å². The Bertz CT molecular complexity index is 727. The van der Waals surface area contributed by atoms with Gasteiger partial charge in [0, 0.05) is 24.1 Å². The molecule has 2 fully saturated rings. The Hall–Kier alpha value is -1.99. The summed E-state index contributed by atoms with van der Waals surface area (Å²) in [4.78, 5) is 1.15. The first-order valence-electron chi connectivity index (χ1n) is 7.74. The number of nitrogens with zero attached hydrogens (tertiary/aromatic N) is 2. The van der Waals surface area contributed by atoms with E-state index in [0.29, 0.717) is 6.07 Å². The molecule has 0 aliphatic carbocycles. The predicted molar refractivity (Wildman–Crippen MR) is 77.2 cm³/mol. The lowest BCUT2D eigenvalue weighted by Crippen LogP contribution is -2.50. The highest BCUT2D eigenvalue weighted by Gasteiger charge is 2.55. The standard InChI is InChI=1S/C16H14F6N2O2/c17-15(18,19)12-3-10(2-1-8(12)4-23)24-5-9-6-26-7-11(9)13(24)14(25)16(20,21)22/h1-3,9,11,13-14,25H,5-7H2/t9-,11+,13-,14+/m0/s1. The van der Waals surface area contributed by atoms with Crippen LogP contribution >= 0.6 is 0 Å². The number of nitriles is 1. The molecule has 2 saturated heterocycles. The van der Waals surface area contributed by atoms with Crippen LogP contribution in [0.5, 0.6) is 0 Å². The summed E-state index contributed by atoms with van der Waals surface area (Å²) in [5, 5.41) is 18.6. The quantitative estimate of drug-likeness (QED) is 0.802. The number of hydrogen-bond acceptors (Lipinski definition) is 4. The van der Waals surface area contributed by atoms with Gasteiger partial charge in [-0.25, -0.2) is 0 Å². The van der Waals surface area contributed by atoms with E-state index in [2.05, 4.69) is 0 Å². The number of rotatable bonds is 2. The van der Waals surface area contributed by atoms with Crippen molar-refractivity contribution in [1.29, 1.82) is 5.26 Å². The van der Waals surface area contributed by atoms with Gasteiger partial charge in [-0.2, -0.15) is 31.6 Å². The molecule has 0 unspecified atom stereocenters. The molecule has 2 aliphatic heterocycles. The monoisotopic (exact) mass is 380 g/mol. The fourth-order valence-electron chi connectivity index (χ4n) is 3.70. The molecule has 0 radical (unpaired) electrons. The average molecular weight is 380 g/mol. The zero-order valence-electron chi connectivity index (χ0n) is 13.2. The summed E-state index contributed by atoms with van der Waals surface area (Å²) in [6, 6.07) is 2.75. The number of benzene rings is 1.